The summed E-state index contributed by atoms with van der Waals surface area (Å²) in [4.78, 5) is 0. The Kier molecular flexibility index (Phi) is 11.6. The van der Waals surface area contributed by atoms with Crippen molar-refractivity contribution < 1.29 is 26.2 Å². The van der Waals surface area contributed by atoms with Crippen LogP contribution in [-0.2, 0) is 21.1 Å². The van der Waals surface area contributed by atoms with Gasteiger partial charge in [0.15, 0.2) is 0 Å². The zero-order valence-corrected chi connectivity index (χ0v) is 17.7. The van der Waals surface area contributed by atoms with Crippen LogP contribution in [0.1, 0.15) is 33.1 Å². The molecule has 1 atom stereocenters. The molecule has 0 aliphatic heterocycles. The van der Waals surface area contributed by atoms with Crippen LogP contribution in [0, 0.1) is 5.92 Å². The molecule has 23 heavy (non-hydrogen) atoms. The molecule has 0 saturated heterocycles. The summed E-state index contributed by atoms with van der Waals surface area (Å²) in [5.41, 5.74) is 8.06. The molecule has 4 nitrogen and oxygen atoms in total. The Bertz CT molecular complexity index is 578. The number of hydrogen-bond acceptors (Lipinski definition) is 2. The fourth-order valence-electron chi connectivity index (χ4n) is 1.74. The van der Waals surface area contributed by atoms with Gasteiger partial charge in [-0.25, -0.2) is 0 Å². The number of aliphatic hydroxyl groups excluding tert-OH is 1. The van der Waals surface area contributed by atoms with Gasteiger partial charge in [0, 0.05) is 39.6 Å². The van der Waals surface area contributed by atoms with Crippen LogP contribution in [0.4, 0.5) is 5.82 Å². The minimum Gasteiger partial charge on any atom is -0.481 e. The molecule has 0 bridgehead atoms. The molecule has 1 heterocycles. The first-order valence-corrected chi connectivity index (χ1v) is 8.07. The topological polar surface area (TPSA) is 61.9 Å². The third-order valence-corrected chi connectivity index (χ3v) is 4.05. The van der Waals surface area contributed by atoms with E-state index in [1.54, 1.807) is 35.1 Å². The van der Waals surface area contributed by atoms with E-state index in [0.717, 1.165) is 18.0 Å². The van der Waals surface area contributed by atoms with Gasteiger partial charge in [-0.15, -0.1) is 0 Å². The monoisotopic (exact) mass is 526 g/mol. The third-order valence-electron chi connectivity index (χ3n) is 3.31. The largest absolute Gasteiger partial charge is 0.481 e. The van der Waals surface area contributed by atoms with Gasteiger partial charge in [-0.3, -0.25) is 0 Å². The van der Waals surface area contributed by atoms with Crippen molar-refractivity contribution in [1.82, 2.24) is 9.78 Å². The van der Waals surface area contributed by atoms with E-state index in [0.29, 0.717) is 16.7 Å². The normalized spacial score (nSPS) is 11.2. The van der Waals surface area contributed by atoms with Gasteiger partial charge in [0.1, 0.15) is 0 Å². The second-order valence-electron chi connectivity index (χ2n) is 5.12. The predicted octanol–water partition coefficient (Wildman–Crippen LogP) is 5.67. The summed E-state index contributed by atoms with van der Waals surface area (Å²) in [5, 5.41) is 13.3. The third kappa shape index (κ3) is 8.21. The molecule has 1 aromatic carbocycles. The summed E-state index contributed by atoms with van der Waals surface area (Å²) in [6.07, 6.45) is 5.07. The van der Waals surface area contributed by atoms with Crippen LogP contribution in [-0.4, -0.2) is 21.5 Å². The van der Waals surface area contributed by atoms with Gasteiger partial charge in [0.2, 0.25) is 0 Å². The van der Waals surface area contributed by atoms with Crippen molar-refractivity contribution in [3.05, 3.63) is 46.2 Å². The Labute approximate surface area is 162 Å². The van der Waals surface area contributed by atoms with E-state index in [1.807, 2.05) is 0 Å². The molecule has 0 aliphatic rings. The number of rotatable bonds is 5. The van der Waals surface area contributed by atoms with Crippen molar-refractivity contribution in [2.45, 2.75) is 33.1 Å². The summed E-state index contributed by atoms with van der Waals surface area (Å²) < 4.78 is 1.57. The van der Waals surface area contributed by atoms with E-state index < -0.39 is 0 Å². The van der Waals surface area contributed by atoms with Gasteiger partial charge in [0.05, 0.1) is 10.0 Å². The Morgan fingerprint density at radius 2 is 1.96 bits per heavy atom. The molecule has 1 aromatic heterocycles. The average Bonchev–Trinajstić information content (AvgIpc) is 2.94. The number of benzene rings is 1. The minimum absolute atomic E-state index is 0. The van der Waals surface area contributed by atoms with Crippen molar-refractivity contribution in [2.24, 2.45) is 5.92 Å². The molecule has 0 fully saturated rings. The molecule has 2 N–H and O–H groups in total. The molecule has 128 valence electrons. The van der Waals surface area contributed by atoms with Crippen LogP contribution in [0.25, 0.3) is 11.4 Å². The molecule has 1 unspecified atom stereocenters. The van der Waals surface area contributed by atoms with Gasteiger partial charge < -0.3 is 20.6 Å². The van der Waals surface area contributed by atoms with Crippen LogP contribution in [0.5, 0.6) is 0 Å². The number of halogens is 2. The molecule has 2 rings (SSSR count). The average molecular weight is 527 g/mol. The minimum atomic E-state index is 0. The van der Waals surface area contributed by atoms with Crippen molar-refractivity contribution in [2.75, 3.05) is 6.61 Å². The van der Waals surface area contributed by atoms with E-state index >= 15 is 0 Å². The number of aromatic nitrogens is 2. The molecule has 0 saturated carbocycles. The van der Waals surface area contributed by atoms with Gasteiger partial charge in [-0.2, -0.15) is 0 Å². The molecule has 7 heteroatoms. The van der Waals surface area contributed by atoms with Crippen molar-refractivity contribution in [3.63, 3.8) is 0 Å². The molecule has 0 amide bonds. The maximum absolute atomic E-state index is 8.41. The van der Waals surface area contributed by atoms with Crippen LogP contribution >= 0.6 is 23.2 Å². The maximum atomic E-state index is 8.41. The molecule has 0 radical (unpaired) electrons. The zero-order chi connectivity index (χ0) is 16.5. The van der Waals surface area contributed by atoms with Gasteiger partial charge in [0.25, 0.3) is 0 Å². The smallest absolute Gasteiger partial charge is 0.0613 e. The Hall–Kier alpha value is -0.542. The summed E-state index contributed by atoms with van der Waals surface area (Å²) in [6.45, 7) is 4.75. The predicted molar refractivity (Wildman–Crippen MR) is 93.3 cm³/mol. The van der Waals surface area contributed by atoms with E-state index in [1.165, 1.54) is 12.8 Å². The number of aliphatic hydroxyl groups is 1. The fraction of sp³-hybridized carbons (Fsp3) is 0.438. The molecular formula is C16H22Cl2N3OW-. The van der Waals surface area contributed by atoms with E-state index in [-0.39, 0.29) is 26.9 Å². The first-order valence-electron chi connectivity index (χ1n) is 7.31. The van der Waals surface area contributed by atoms with Gasteiger partial charge >= 0.3 is 0 Å². The molecule has 2 aromatic rings. The van der Waals surface area contributed by atoms with Crippen LogP contribution < -0.4 is 0 Å². The fourth-order valence-corrected chi connectivity index (χ4v) is 2.03. The van der Waals surface area contributed by atoms with E-state index in [4.69, 9.17) is 34.0 Å². The standard InChI is InChI=1S/C9H6Cl2N3.C7H16O.W/c10-7-2-1-6(5-8(7)11)14-4-3-9(12)13-14;1-3-7(2)5-4-6-8;/h1-5H,(H-,12,13);7-8H,3-6H2,1-2H3;/q-1;;. The van der Waals surface area contributed by atoms with Crippen LogP contribution in [0.3, 0.4) is 0 Å². The van der Waals surface area contributed by atoms with E-state index in [2.05, 4.69) is 18.9 Å². The summed E-state index contributed by atoms with van der Waals surface area (Å²) >= 11 is 11.6. The summed E-state index contributed by atoms with van der Waals surface area (Å²) in [7, 11) is 0. The van der Waals surface area contributed by atoms with Crippen LogP contribution in [0.2, 0.25) is 10.0 Å². The molecule has 0 aliphatic carbocycles. The van der Waals surface area contributed by atoms with Crippen molar-refractivity contribution in [3.8, 4) is 5.69 Å². The van der Waals surface area contributed by atoms with E-state index in [9.17, 15) is 0 Å². The molecule has 0 spiro atoms. The Morgan fingerprint density at radius 1 is 1.26 bits per heavy atom. The first-order chi connectivity index (χ1) is 10.5. The first kappa shape index (κ1) is 22.5. The van der Waals surface area contributed by atoms with Crippen molar-refractivity contribution in [1.29, 1.82) is 0 Å². The van der Waals surface area contributed by atoms with Crippen molar-refractivity contribution >= 4 is 29.0 Å². The Balaban J connectivity index is 0.000000469. The van der Waals surface area contributed by atoms with Gasteiger partial charge in [-0.1, -0.05) is 43.5 Å². The molecular weight excluding hydrogens is 505 g/mol. The Morgan fingerprint density at radius 3 is 2.43 bits per heavy atom. The second-order valence-corrected chi connectivity index (χ2v) is 5.94. The van der Waals surface area contributed by atoms with Crippen LogP contribution in [0.15, 0.2) is 30.5 Å². The van der Waals surface area contributed by atoms with Gasteiger partial charge in [-0.05, 0) is 48.8 Å². The number of hydrogen-bond donors (Lipinski definition) is 1. The quantitative estimate of drug-likeness (QED) is 0.546. The number of nitrogens with zero attached hydrogens (tertiary/aromatic N) is 2. The SMILES string of the molecule is CCC(C)CCCO.[NH-]c1ccn(-c2ccc(Cl)c(Cl)c2)n1.[W]. The maximum Gasteiger partial charge on any atom is 0.0613 e. The second kappa shape index (κ2) is 11.9. The summed E-state index contributed by atoms with van der Waals surface area (Å²) in [5.74, 6) is 1.01. The zero-order valence-electron chi connectivity index (χ0n) is 13.3. The summed E-state index contributed by atoms with van der Waals surface area (Å²) in [6, 6.07) is 6.80. The number of nitrogens with one attached hydrogen (secondary N) is 1.